The van der Waals surface area contributed by atoms with Gasteiger partial charge < -0.3 is 5.32 Å². The predicted molar refractivity (Wildman–Crippen MR) is 93.9 cm³/mol. The molecule has 0 unspecified atom stereocenters. The third-order valence-electron chi connectivity index (χ3n) is 3.63. The van der Waals surface area contributed by atoms with Crippen LogP contribution in [0.25, 0.3) is 5.65 Å². The quantitative estimate of drug-likeness (QED) is 0.750. The second kappa shape index (κ2) is 6.79. The minimum atomic E-state index is -0.429. The maximum Gasteiger partial charge on any atom is 0.272 e. The van der Waals surface area contributed by atoms with Crippen molar-refractivity contribution < 1.29 is 4.79 Å². The van der Waals surface area contributed by atoms with Crippen molar-refractivity contribution >= 4 is 29.0 Å². The van der Waals surface area contributed by atoms with Crippen molar-refractivity contribution in [2.24, 2.45) is 0 Å². The van der Waals surface area contributed by atoms with Crippen LogP contribution in [-0.2, 0) is 6.42 Å². The molecule has 0 radical (unpaired) electrons. The normalized spacial score (nSPS) is 10.6. The van der Waals surface area contributed by atoms with Gasteiger partial charge in [-0.05, 0) is 30.7 Å². The van der Waals surface area contributed by atoms with Crippen molar-refractivity contribution in [1.82, 2.24) is 14.6 Å². The Morgan fingerprint density at radius 1 is 1.40 bits per heavy atom. The summed E-state index contributed by atoms with van der Waals surface area (Å²) in [5.41, 5.74) is 0.955. The van der Waals surface area contributed by atoms with Crippen LogP contribution in [0.1, 0.15) is 35.0 Å². The number of halogens is 1. The number of hydrogen-bond donors (Lipinski definition) is 2. The van der Waals surface area contributed by atoms with Crippen molar-refractivity contribution in [3.05, 3.63) is 62.5 Å². The fraction of sp³-hybridized carbons (Fsp3) is 0.176. The number of hydrogen-bond acceptors (Lipinski definition) is 4. The van der Waals surface area contributed by atoms with Crippen molar-refractivity contribution in [2.45, 2.75) is 19.8 Å². The standard InChI is InChI=1S/C17H14ClN5O2/c1-2-3-12-8-14(24)23-16(20-12)13(9-19)15(22-23)21-17(25)10-4-6-11(18)7-5-10/h4-8,22H,2-3H2,1H3,(H,21,25). The van der Waals surface area contributed by atoms with E-state index in [2.05, 4.69) is 15.4 Å². The van der Waals surface area contributed by atoms with Crippen LogP contribution in [0.2, 0.25) is 5.02 Å². The zero-order chi connectivity index (χ0) is 18.0. The molecule has 0 saturated heterocycles. The molecule has 2 heterocycles. The van der Waals surface area contributed by atoms with Crippen LogP contribution < -0.4 is 10.9 Å². The second-order valence-electron chi connectivity index (χ2n) is 5.43. The van der Waals surface area contributed by atoms with Crippen LogP contribution in [-0.4, -0.2) is 20.5 Å². The number of amides is 1. The van der Waals surface area contributed by atoms with Gasteiger partial charge in [-0.2, -0.15) is 9.78 Å². The van der Waals surface area contributed by atoms with Crippen LogP contribution in [0.4, 0.5) is 5.82 Å². The number of nitrogens with one attached hydrogen (secondary N) is 2. The number of aryl methyl sites for hydroxylation is 1. The highest BCUT2D eigenvalue weighted by atomic mass is 35.5. The molecule has 2 N–H and O–H groups in total. The fourth-order valence-electron chi connectivity index (χ4n) is 2.45. The Labute approximate surface area is 147 Å². The molecule has 8 heteroatoms. The average molecular weight is 356 g/mol. The summed E-state index contributed by atoms with van der Waals surface area (Å²) in [6, 6.07) is 9.73. The first-order valence-electron chi connectivity index (χ1n) is 7.65. The molecule has 25 heavy (non-hydrogen) atoms. The first kappa shape index (κ1) is 16.7. The molecule has 7 nitrogen and oxygen atoms in total. The summed E-state index contributed by atoms with van der Waals surface area (Å²) in [6.07, 6.45) is 1.46. The SMILES string of the molecule is CCCc1cc(=O)n2[nH]c(NC(=O)c3ccc(Cl)cc3)c(C#N)c2n1. The van der Waals surface area contributed by atoms with Gasteiger partial charge in [0.25, 0.3) is 11.5 Å². The van der Waals surface area contributed by atoms with E-state index in [4.69, 9.17) is 11.6 Å². The van der Waals surface area contributed by atoms with Crippen molar-refractivity contribution in [3.8, 4) is 6.07 Å². The lowest BCUT2D eigenvalue weighted by atomic mass is 10.2. The number of carbonyl (C=O) groups excluding carboxylic acids is 1. The number of fused-ring (bicyclic) bond motifs is 1. The number of nitriles is 1. The lowest BCUT2D eigenvalue weighted by Gasteiger charge is -2.03. The third-order valence-corrected chi connectivity index (χ3v) is 3.88. The molecule has 0 fully saturated rings. The zero-order valence-corrected chi connectivity index (χ0v) is 14.1. The van der Waals surface area contributed by atoms with Crippen LogP contribution >= 0.6 is 11.6 Å². The van der Waals surface area contributed by atoms with Crippen molar-refractivity contribution in [2.75, 3.05) is 5.32 Å². The van der Waals surface area contributed by atoms with Crippen LogP contribution in [0, 0.1) is 11.3 Å². The molecule has 0 bridgehead atoms. The van der Waals surface area contributed by atoms with Gasteiger partial charge >= 0.3 is 0 Å². The van der Waals surface area contributed by atoms with Gasteiger partial charge in [-0.25, -0.2) is 4.98 Å². The number of anilines is 1. The Morgan fingerprint density at radius 3 is 2.76 bits per heavy atom. The first-order chi connectivity index (χ1) is 12.0. The average Bonchev–Trinajstić information content (AvgIpc) is 2.93. The monoisotopic (exact) mass is 355 g/mol. The number of aromatic nitrogens is 3. The molecule has 0 saturated carbocycles. The summed E-state index contributed by atoms with van der Waals surface area (Å²) >= 11 is 5.81. The molecule has 0 spiro atoms. The molecular formula is C17H14ClN5O2. The van der Waals surface area contributed by atoms with Crippen molar-refractivity contribution in [1.29, 1.82) is 5.26 Å². The van der Waals surface area contributed by atoms with E-state index in [0.29, 0.717) is 22.7 Å². The first-order valence-corrected chi connectivity index (χ1v) is 8.03. The van der Waals surface area contributed by atoms with E-state index >= 15 is 0 Å². The number of H-pyrrole nitrogens is 1. The molecule has 3 aromatic rings. The summed E-state index contributed by atoms with van der Waals surface area (Å²) in [5, 5.41) is 15.3. The summed E-state index contributed by atoms with van der Waals surface area (Å²) in [5.74, 6) is -0.303. The number of aromatic amines is 1. The second-order valence-corrected chi connectivity index (χ2v) is 5.87. The van der Waals surface area contributed by atoms with E-state index in [1.807, 2.05) is 13.0 Å². The molecule has 0 atom stereocenters. The smallest absolute Gasteiger partial charge is 0.272 e. The number of nitrogens with zero attached hydrogens (tertiary/aromatic N) is 3. The number of carbonyl (C=O) groups is 1. The van der Waals surface area contributed by atoms with Gasteiger partial charge in [0.05, 0.1) is 0 Å². The molecule has 0 aliphatic rings. The van der Waals surface area contributed by atoms with Crippen LogP contribution in [0.5, 0.6) is 0 Å². The van der Waals surface area contributed by atoms with Crippen LogP contribution in [0.15, 0.2) is 35.1 Å². The molecule has 2 aromatic heterocycles. The van der Waals surface area contributed by atoms with E-state index < -0.39 is 5.91 Å². The molecule has 1 aromatic carbocycles. The Hall–Kier alpha value is -3.11. The van der Waals surface area contributed by atoms with E-state index in [9.17, 15) is 14.9 Å². The van der Waals surface area contributed by atoms with E-state index in [-0.39, 0.29) is 22.6 Å². The number of rotatable bonds is 4. The van der Waals surface area contributed by atoms with Crippen LogP contribution in [0.3, 0.4) is 0 Å². The molecule has 3 rings (SSSR count). The van der Waals surface area contributed by atoms with Gasteiger partial charge in [0.15, 0.2) is 5.65 Å². The zero-order valence-electron chi connectivity index (χ0n) is 13.3. The highest BCUT2D eigenvalue weighted by molar-refractivity contribution is 6.30. The lowest BCUT2D eigenvalue weighted by molar-refractivity contribution is 0.102. The van der Waals surface area contributed by atoms with E-state index in [1.165, 1.54) is 6.07 Å². The summed E-state index contributed by atoms with van der Waals surface area (Å²) in [7, 11) is 0. The largest absolute Gasteiger partial charge is 0.306 e. The lowest BCUT2D eigenvalue weighted by Crippen LogP contribution is -2.16. The van der Waals surface area contributed by atoms with Crippen molar-refractivity contribution in [3.63, 3.8) is 0 Å². The van der Waals surface area contributed by atoms with E-state index in [0.717, 1.165) is 10.9 Å². The maximum absolute atomic E-state index is 12.3. The summed E-state index contributed by atoms with van der Waals surface area (Å²) in [6.45, 7) is 1.98. The third kappa shape index (κ3) is 3.25. The Balaban J connectivity index is 2.03. The molecule has 0 aliphatic carbocycles. The topological polar surface area (TPSA) is 103 Å². The Morgan fingerprint density at radius 2 is 2.12 bits per heavy atom. The van der Waals surface area contributed by atoms with Gasteiger partial charge in [0, 0.05) is 22.3 Å². The fourth-order valence-corrected chi connectivity index (χ4v) is 2.58. The van der Waals surface area contributed by atoms with Gasteiger partial charge in [-0.15, -0.1) is 0 Å². The molecule has 1 amide bonds. The Kier molecular flexibility index (Phi) is 4.55. The molecule has 126 valence electrons. The summed E-state index contributed by atoms with van der Waals surface area (Å²) < 4.78 is 1.15. The molecular weight excluding hydrogens is 342 g/mol. The predicted octanol–water partition coefficient (Wildman–Crippen LogP) is 2.75. The van der Waals surface area contributed by atoms with Gasteiger partial charge in [-0.3, -0.25) is 14.7 Å². The Bertz CT molecular complexity index is 1040. The molecule has 0 aliphatic heterocycles. The summed E-state index contributed by atoms with van der Waals surface area (Å²) in [4.78, 5) is 28.9. The van der Waals surface area contributed by atoms with Gasteiger partial charge in [0.1, 0.15) is 17.5 Å². The highest BCUT2D eigenvalue weighted by Gasteiger charge is 2.17. The number of benzene rings is 1. The minimum Gasteiger partial charge on any atom is -0.306 e. The maximum atomic E-state index is 12.3. The van der Waals surface area contributed by atoms with Gasteiger partial charge in [0.2, 0.25) is 0 Å². The van der Waals surface area contributed by atoms with Gasteiger partial charge in [-0.1, -0.05) is 24.9 Å². The van der Waals surface area contributed by atoms with E-state index in [1.54, 1.807) is 24.3 Å². The minimum absolute atomic E-state index is 0.109. The highest BCUT2D eigenvalue weighted by Crippen LogP contribution is 2.18.